The molecule has 222 valence electrons. The van der Waals surface area contributed by atoms with Crippen LogP contribution in [0.25, 0.3) is 11.3 Å². The van der Waals surface area contributed by atoms with E-state index in [0.717, 1.165) is 24.8 Å². The van der Waals surface area contributed by atoms with Gasteiger partial charge in [0.1, 0.15) is 11.4 Å². The van der Waals surface area contributed by atoms with Crippen LogP contribution >= 0.6 is 11.6 Å². The van der Waals surface area contributed by atoms with Gasteiger partial charge >= 0.3 is 6.61 Å². The van der Waals surface area contributed by atoms with Crippen molar-refractivity contribution >= 4 is 34.9 Å². The molecular formula is C28H24ClF3N8O3. The fourth-order valence-corrected chi connectivity index (χ4v) is 5.28. The monoisotopic (exact) mass is 612 g/mol. The second kappa shape index (κ2) is 10.9. The summed E-state index contributed by atoms with van der Waals surface area (Å²) in [4.78, 5) is 44.8. The van der Waals surface area contributed by atoms with Crippen LogP contribution < -0.4 is 15.0 Å². The highest BCUT2D eigenvalue weighted by Crippen LogP contribution is 2.47. The summed E-state index contributed by atoms with van der Waals surface area (Å²) in [6, 6.07) is 1.79. The molecule has 43 heavy (non-hydrogen) atoms. The Morgan fingerprint density at radius 3 is 2.63 bits per heavy atom. The van der Waals surface area contributed by atoms with Crippen molar-refractivity contribution in [1.82, 2.24) is 29.7 Å². The largest absolute Gasteiger partial charge is 0.434 e. The molecule has 4 aromatic rings. The Morgan fingerprint density at radius 2 is 1.93 bits per heavy atom. The predicted molar refractivity (Wildman–Crippen MR) is 149 cm³/mol. The zero-order chi connectivity index (χ0) is 30.6. The maximum atomic E-state index is 14.9. The molecular weight excluding hydrogens is 589 g/mol. The second-order valence-electron chi connectivity index (χ2n) is 10.4. The van der Waals surface area contributed by atoms with Gasteiger partial charge in [0.05, 0.1) is 63.7 Å². The molecule has 1 aliphatic heterocycles. The van der Waals surface area contributed by atoms with Gasteiger partial charge in [0.25, 0.3) is 5.91 Å². The Balaban J connectivity index is 1.20. The number of carbonyl (C=O) groups is 2. The third-order valence-electron chi connectivity index (χ3n) is 7.50. The molecule has 0 radical (unpaired) electrons. The van der Waals surface area contributed by atoms with Crippen molar-refractivity contribution in [3.05, 3.63) is 70.5 Å². The first kappa shape index (κ1) is 28.5. The number of hydrogen-bond donors (Lipinski definition) is 1. The first-order valence-corrected chi connectivity index (χ1v) is 13.7. The Bertz CT molecular complexity index is 1770. The van der Waals surface area contributed by atoms with Gasteiger partial charge in [-0.3, -0.25) is 29.1 Å². The summed E-state index contributed by atoms with van der Waals surface area (Å²) in [5, 5.41) is 6.65. The number of carbonyl (C=O) groups excluding carboxylic acids is 2. The molecule has 2 amide bonds. The number of hydrogen-bond acceptors (Lipinski definition) is 8. The predicted octanol–water partition coefficient (Wildman–Crippen LogP) is 4.99. The molecule has 0 spiro atoms. The lowest BCUT2D eigenvalue weighted by Gasteiger charge is -2.20. The standard InChI is InChI=1S/C28H24ClF3N8O3/c1-12-24(38-20(9-33-12)22-21(43-28(31)32)5-4-18(29)23(22)30)26(41)37-16-7-35-40(11-16)14(3)19-8-34-25(13(2)36-19)39-10-15-6-17(15)27(39)42/h4-5,7-9,11,14-15,17,28H,6,10H2,1-3H3,(H,37,41)/t14-,15-,17-/m1/s1. The Hall–Kier alpha value is -4.59. The van der Waals surface area contributed by atoms with E-state index in [1.54, 1.807) is 28.9 Å². The number of halogens is 4. The summed E-state index contributed by atoms with van der Waals surface area (Å²) in [6.07, 6.45) is 6.70. The van der Waals surface area contributed by atoms with Crippen molar-refractivity contribution in [2.45, 2.75) is 39.8 Å². The van der Waals surface area contributed by atoms with Crippen LogP contribution in [0.2, 0.25) is 5.02 Å². The van der Waals surface area contributed by atoms with E-state index in [9.17, 15) is 22.8 Å². The number of amides is 2. The van der Waals surface area contributed by atoms with Crippen molar-refractivity contribution in [2.24, 2.45) is 11.8 Å². The van der Waals surface area contributed by atoms with E-state index in [0.29, 0.717) is 35.4 Å². The first-order chi connectivity index (χ1) is 20.5. The molecule has 4 heterocycles. The Labute approximate surface area is 248 Å². The van der Waals surface area contributed by atoms with Crippen LogP contribution in [0.3, 0.4) is 0 Å². The van der Waals surface area contributed by atoms with Crippen molar-refractivity contribution in [3.8, 4) is 17.0 Å². The van der Waals surface area contributed by atoms with Crippen LogP contribution in [0.5, 0.6) is 5.75 Å². The maximum absolute atomic E-state index is 14.9. The molecule has 1 N–H and O–H groups in total. The summed E-state index contributed by atoms with van der Waals surface area (Å²) in [5.41, 5.74) is 0.922. The SMILES string of the molecule is Cc1ncc(-c2c(OC(F)F)ccc(Cl)c2F)nc1C(=O)Nc1cnn([C@H](C)c2cnc(N3C[C@H]4C[C@H]4C3=O)c(C)n2)c1. The molecule has 2 aliphatic rings. The van der Waals surface area contributed by atoms with Crippen LogP contribution in [0.15, 0.2) is 36.9 Å². The zero-order valence-corrected chi connectivity index (χ0v) is 23.8. The van der Waals surface area contributed by atoms with Crippen molar-refractivity contribution in [1.29, 1.82) is 0 Å². The third kappa shape index (κ3) is 5.38. The molecule has 0 unspecified atom stereocenters. The lowest BCUT2D eigenvalue weighted by Crippen LogP contribution is -2.30. The zero-order valence-electron chi connectivity index (χ0n) is 23.1. The highest BCUT2D eigenvalue weighted by atomic mass is 35.5. The van der Waals surface area contributed by atoms with Gasteiger partial charge in [-0.05, 0) is 45.2 Å². The van der Waals surface area contributed by atoms with Gasteiger partial charge in [0.15, 0.2) is 11.6 Å². The summed E-state index contributed by atoms with van der Waals surface area (Å²) < 4.78 is 46.8. The number of ether oxygens (including phenoxy) is 1. The molecule has 1 aliphatic carbocycles. The normalized spacial score (nSPS) is 18.1. The number of benzene rings is 1. The van der Waals surface area contributed by atoms with Gasteiger partial charge in [0, 0.05) is 18.7 Å². The van der Waals surface area contributed by atoms with Crippen molar-refractivity contribution < 1.29 is 27.5 Å². The minimum Gasteiger partial charge on any atom is -0.434 e. The van der Waals surface area contributed by atoms with Gasteiger partial charge < -0.3 is 10.1 Å². The second-order valence-corrected chi connectivity index (χ2v) is 10.8. The fraction of sp³-hybridized carbons (Fsp3) is 0.321. The molecule has 3 atom stereocenters. The molecule has 3 aromatic heterocycles. The van der Waals surface area contributed by atoms with E-state index < -0.39 is 29.6 Å². The first-order valence-electron chi connectivity index (χ1n) is 13.3. The molecule has 15 heteroatoms. The average Bonchev–Trinajstić information content (AvgIpc) is 3.47. The summed E-state index contributed by atoms with van der Waals surface area (Å²) >= 11 is 5.86. The van der Waals surface area contributed by atoms with Crippen LogP contribution in [0.4, 0.5) is 24.7 Å². The van der Waals surface area contributed by atoms with E-state index in [-0.39, 0.29) is 40.0 Å². The van der Waals surface area contributed by atoms with Crippen LogP contribution in [-0.2, 0) is 4.79 Å². The molecule has 0 bridgehead atoms. The maximum Gasteiger partial charge on any atom is 0.387 e. The Kier molecular flexibility index (Phi) is 7.24. The average molecular weight is 613 g/mol. The van der Waals surface area contributed by atoms with Gasteiger partial charge in [-0.2, -0.15) is 13.9 Å². The topological polar surface area (TPSA) is 128 Å². The van der Waals surface area contributed by atoms with E-state index in [1.165, 1.54) is 13.1 Å². The van der Waals surface area contributed by atoms with Crippen LogP contribution in [-0.4, -0.2) is 54.7 Å². The molecule has 6 rings (SSSR count). The number of nitrogens with zero attached hydrogens (tertiary/aromatic N) is 7. The van der Waals surface area contributed by atoms with E-state index in [4.69, 9.17) is 11.6 Å². The van der Waals surface area contributed by atoms with Gasteiger partial charge in [-0.25, -0.2) is 14.4 Å². The number of aromatic nitrogens is 6. The highest BCUT2D eigenvalue weighted by molar-refractivity contribution is 6.31. The van der Waals surface area contributed by atoms with Crippen LogP contribution in [0, 0.1) is 31.5 Å². The third-order valence-corrected chi connectivity index (χ3v) is 7.79. The number of alkyl halides is 2. The molecule has 1 saturated heterocycles. The van der Waals surface area contributed by atoms with E-state index in [2.05, 4.69) is 35.1 Å². The number of piperidine rings is 1. The number of fused-ring (bicyclic) bond motifs is 1. The van der Waals surface area contributed by atoms with Crippen LogP contribution in [0.1, 0.15) is 47.0 Å². The summed E-state index contributed by atoms with van der Waals surface area (Å²) in [7, 11) is 0. The summed E-state index contributed by atoms with van der Waals surface area (Å²) in [5.74, 6) is -1.05. The van der Waals surface area contributed by atoms with Crippen molar-refractivity contribution in [3.63, 3.8) is 0 Å². The number of anilines is 2. The molecule has 2 fully saturated rings. The van der Waals surface area contributed by atoms with Gasteiger partial charge in [0.2, 0.25) is 5.91 Å². The smallest absolute Gasteiger partial charge is 0.387 e. The number of aryl methyl sites for hydroxylation is 2. The highest BCUT2D eigenvalue weighted by Gasteiger charge is 2.53. The Morgan fingerprint density at radius 1 is 1.14 bits per heavy atom. The fourth-order valence-electron chi connectivity index (χ4n) is 5.12. The van der Waals surface area contributed by atoms with Crippen molar-refractivity contribution in [2.75, 3.05) is 16.8 Å². The quantitative estimate of drug-likeness (QED) is 0.295. The molecule has 1 saturated carbocycles. The van der Waals surface area contributed by atoms with Gasteiger partial charge in [-0.1, -0.05) is 11.6 Å². The van der Waals surface area contributed by atoms with E-state index in [1.807, 2.05) is 6.92 Å². The lowest BCUT2D eigenvalue weighted by atomic mass is 10.1. The number of nitrogens with one attached hydrogen (secondary N) is 1. The molecule has 1 aromatic carbocycles. The number of rotatable bonds is 8. The minimum absolute atomic E-state index is 0.0979. The van der Waals surface area contributed by atoms with Gasteiger partial charge in [-0.15, -0.1) is 0 Å². The van der Waals surface area contributed by atoms with E-state index >= 15 is 0 Å². The summed E-state index contributed by atoms with van der Waals surface area (Å²) in [6.45, 7) is 2.62. The lowest BCUT2D eigenvalue weighted by molar-refractivity contribution is -0.118. The minimum atomic E-state index is -3.23. The molecule has 11 nitrogen and oxygen atoms in total.